The lowest BCUT2D eigenvalue weighted by Crippen LogP contribution is -2.30. The molecule has 2 aromatic carbocycles. The van der Waals surface area contributed by atoms with Gasteiger partial charge in [0, 0.05) is 37.6 Å². The molecule has 1 saturated heterocycles. The predicted molar refractivity (Wildman–Crippen MR) is 109 cm³/mol. The summed E-state index contributed by atoms with van der Waals surface area (Å²) in [5, 5.41) is 8.45. The van der Waals surface area contributed by atoms with E-state index in [2.05, 4.69) is 25.5 Å². The smallest absolute Gasteiger partial charge is 0.321 e. The Morgan fingerprint density at radius 3 is 2.93 bits per heavy atom. The number of nitrogens with zero attached hydrogens (tertiary/aromatic N) is 3. The second-order valence-corrected chi connectivity index (χ2v) is 6.60. The van der Waals surface area contributed by atoms with Gasteiger partial charge < -0.3 is 20.5 Å². The Morgan fingerprint density at radius 2 is 2.07 bits per heavy atom. The van der Waals surface area contributed by atoms with Crippen LogP contribution in [0.3, 0.4) is 0 Å². The van der Waals surface area contributed by atoms with E-state index in [1.54, 1.807) is 17.0 Å². The van der Waals surface area contributed by atoms with Crippen molar-refractivity contribution in [3.05, 3.63) is 54.9 Å². The molecule has 0 aliphatic carbocycles. The molecule has 144 valence electrons. The number of amides is 4. The van der Waals surface area contributed by atoms with Crippen LogP contribution < -0.4 is 20.9 Å². The number of hydrogen-bond donors (Lipinski definition) is 3. The molecule has 0 atom stereocenters. The molecule has 8 heteroatoms. The first kappa shape index (κ1) is 17.8. The van der Waals surface area contributed by atoms with Crippen molar-refractivity contribution in [2.75, 3.05) is 29.9 Å². The fourth-order valence-corrected chi connectivity index (χ4v) is 3.28. The predicted octanol–water partition coefficient (Wildman–Crippen LogP) is 2.78. The third kappa shape index (κ3) is 3.90. The summed E-state index contributed by atoms with van der Waals surface area (Å²) >= 11 is 0. The Balaban J connectivity index is 1.26. The van der Waals surface area contributed by atoms with Gasteiger partial charge in [-0.1, -0.05) is 18.2 Å². The Kier molecular flexibility index (Phi) is 5.09. The first-order valence-corrected chi connectivity index (χ1v) is 9.31. The van der Waals surface area contributed by atoms with Gasteiger partial charge >= 0.3 is 12.1 Å². The average molecular weight is 378 g/mol. The molecule has 0 unspecified atom stereocenters. The Bertz CT molecular complexity index is 999. The second kappa shape index (κ2) is 7.99. The fourth-order valence-electron chi connectivity index (χ4n) is 3.28. The molecular weight excluding hydrogens is 356 g/mol. The highest BCUT2D eigenvalue weighted by Gasteiger charge is 2.21. The lowest BCUT2D eigenvalue weighted by molar-refractivity contribution is 0.251. The number of anilines is 2. The van der Waals surface area contributed by atoms with E-state index in [1.807, 2.05) is 42.7 Å². The topological polar surface area (TPSA) is 91.3 Å². The van der Waals surface area contributed by atoms with Crippen molar-refractivity contribution in [3.63, 3.8) is 0 Å². The highest BCUT2D eigenvalue weighted by molar-refractivity contribution is 5.95. The van der Waals surface area contributed by atoms with Gasteiger partial charge in [-0.15, -0.1) is 0 Å². The zero-order valence-corrected chi connectivity index (χ0v) is 15.4. The maximum Gasteiger partial charge on any atom is 0.321 e. The van der Waals surface area contributed by atoms with E-state index >= 15 is 0 Å². The van der Waals surface area contributed by atoms with Gasteiger partial charge in [0.2, 0.25) is 0 Å². The average Bonchev–Trinajstić information content (AvgIpc) is 3.32. The van der Waals surface area contributed by atoms with Crippen LogP contribution >= 0.6 is 0 Å². The van der Waals surface area contributed by atoms with Crippen molar-refractivity contribution in [1.82, 2.24) is 20.2 Å². The van der Waals surface area contributed by atoms with Gasteiger partial charge in [-0.2, -0.15) is 0 Å². The first-order chi connectivity index (χ1) is 13.7. The van der Waals surface area contributed by atoms with E-state index in [-0.39, 0.29) is 12.1 Å². The number of fused-ring (bicyclic) bond motifs is 1. The highest BCUT2D eigenvalue weighted by atomic mass is 16.2. The summed E-state index contributed by atoms with van der Waals surface area (Å²) in [5.41, 5.74) is 3.48. The number of para-hydroxylation sites is 2. The number of urea groups is 2. The van der Waals surface area contributed by atoms with Gasteiger partial charge in [0.15, 0.2) is 0 Å². The normalized spacial score (nSPS) is 13.6. The molecule has 8 nitrogen and oxygen atoms in total. The van der Waals surface area contributed by atoms with Gasteiger partial charge in [-0.3, -0.25) is 4.90 Å². The molecule has 4 rings (SSSR count). The van der Waals surface area contributed by atoms with Crippen molar-refractivity contribution in [1.29, 1.82) is 0 Å². The summed E-state index contributed by atoms with van der Waals surface area (Å²) in [7, 11) is 0. The molecule has 3 aromatic rings. The lowest BCUT2D eigenvalue weighted by Gasteiger charge is -2.15. The van der Waals surface area contributed by atoms with Crippen molar-refractivity contribution < 1.29 is 9.59 Å². The molecular formula is C20H22N6O2. The molecule has 0 spiro atoms. The van der Waals surface area contributed by atoms with Crippen LogP contribution in [0.25, 0.3) is 11.0 Å². The molecule has 0 radical (unpaired) electrons. The van der Waals surface area contributed by atoms with E-state index in [1.165, 1.54) is 0 Å². The quantitative estimate of drug-likeness (QED) is 0.576. The Hall–Kier alpha value is -3.55. The standard InChI is InChI=1S/C20H22N6O2/c27-19(21-9-4-11-25-14-23-17-7-1-2-8-18(17)25)24-15-5-3-6-16(13-15)26-12-10-22-20(26)28/h1-3,5-8,13-14H,4,9-12H2,(H,22,28)(H2,21,24,27). The third-order valence-corrected chi connectivity index (χ3v) is 4.66. The van der Waals surface area contributed by atoms with E-state index < -0.39 is 0 Å². The Labute approximate surface area is 162 Å². The molecule has 4 amide bonds. The number of imidazole rings is 1. The summed E-state index contributed by atoms with van der Waals surface area (Å²) in [5.74, 6) is 0. The fraction of sp³-hybridized carbons (Fsp3) is 0.250. The summed E-state index contributed by atoms with van der Waals surface area (Å²) in [4.78, 5) is 29.9. The lowest BCUT2D eigenvalue weighted by atomic mass is 10.2. The minimum absolute atomic E-state index is 0.117. The van der Waals surface area contributed by atoms with Gasteiger partial charge in [0.05, 0.1) is 17.4 Å². The van der Waals surface area contributed by atoms with Crippen LogP contribution in [0.5, 0.6) is 0 Å². The Morgan fingerprint density at radius 1 is 1.18 bits per heavy atom. The summed E-state index contributed by atoms with van der Waals surface area (Å²) < 4.78 is 2.08. The van der Waals surface area contributed by atoms with Gasteiger partial charge in [-0.05, 0) is 36.8 Å². The number of hydrogen-bond acceptors (Lipinski definition) is 3. The van der Waals surface area contributed by atoms with Crippen LogP contribution in [0.1, 0.15) is 6.42 Å². The number of rotatable bonds is 6. The largest absolute Gasteiger partial charge is 0.338 e. The monoisotopic (exact) mass is 378 g/mol. The van der Waals surface area contributed by atoms with Crippen molar-refractivity contribution in [2.45, 2.75) is 13.0 Å². The molecule has 1 aliphatic heterocycles. The van der Waals surface area contributed by atoms with Gasteiger partial charge in [0.1, 0.15) is 0 Å². The van der Waals surface area contributed by atoms with Crippen LogP contribution in [0.4, 0.5) is 21.0 Å². The zero-order valence-electron chi connectivity index (χ0n) is 15.4. The molecule has 3 N–H and O–H groups in total. The molecule has 2 heterocycles. The number of carbonyl (C=O) groups is 2. The van der Waals surface area contributed by atoms with E-state index in [0.717, 1.165) is 29.7 Å². The van der Waals surface area contributed by atoms with Crippen molar-refractivity contribution in [2.24, 2.45) is 0 Å². The number of aryl methyl sites for hydroxylation is 1. The van der Waals surface area contributed by atoms with E-state index in [0.29, 0.717) is 25.3 Å². The van der Waals surface area contributed by atoms with E-state index in [9.17, 15) is 9.59 Å². The molecule has 1 fully saturated rings. The first-order valence-electron chi connectivity index (χ1n) is 9.31. The van der Waals surface area contributed by atoms with Crippen LogP contribution in [0, 0.1) is 0 Å². The second-order valence-electron chi connectivity index (χ2n) is 6.60. The molecule has 0 bridgehead atoms. The summed E-state index contributed by atoms with van der Waals surface area (Å²) in [6, 6.07) is 14.9. The maximum absolute atomic E-state index is 12.1. The highest BCUT2D eigenvalue weighted by Crippen LogP contribution is 2.21. The molecule has 0 saturated carbocycles. The van der Waals surface area contributed by atoms with Gasteiger partial charge in [0.25, 0.3) is 0 Å². The van der Waals surface area contributed by atoms with Crippen molar-refractivity contribution >= 4 is 34.5 Å². The number of benzene rings is 2. The number of aromatic nitrogens is 2. The minimum atomic E-state index is -0.265. The molecule has 1 aliphatic rings. The minimum Gasteiger partial charge on any atom is -0.338 e. The van der Waals surface area contributed by atoms with Gasteiger partial charge in [-0.25, -0.2) is 14.6 Å². The number of nitrogens with one attached hydrogen (secondary N) is 3. The summed E-state index contributed by atoms with van der Waals surface area (Å²) in [6.45, 7) is 2.58. The third-order valence-electron chi connectivity index (χ3n) is 4.66. The molecule has 28 heavy (non-hydrogen) atoms. The zero-order chi connectivity index (χ0) is 19.3. The van der Waals surface area contributed by atoms with Crippen LogP contribution in [-0.4, -0.2) is 41.2 Å². The summed E-state index contributed by atoms with van der Waals surface area (Å²) in [6.07, 6.45) is 2.62. The SMILES string of the molecule is O=C(NCCCn1cnc2ccccc21)Nc1cccc(N2CCNC2=O)c1. The van der Waals surface area contributed by atoms with E-state index in [4.69, 9.17) is 0 Å². The molecule has 1 aromatic heterocycles. The van der Waals surface area contributed by atoms with Crippen LogP contribution in [0.2, 0.25) is 0 Å². The van der Waals surface area contributed by atoms with Crippen LogP contribution in [0.15, 0.2) is 54.9 Å². The maximum atomic E-state index is 12.1. The van der Waals surface area contributed by atoms with Crippen LogP contribution in [-0.2, 0) is 6.54 Å². The number of carbonyl (C=O) groups excluding carboxylic acids is 2. The van der Waals surface area contributed by atoms with Crippen molar-refractivity contribution in [3.8, 4) is 0 Å².